The van der Waals surface area contributed by atoms with Crippen molar-refractivity contribution in [2.24, 2.45) is 0 Å². The van der Waals surface area contributed by atoms with E-state index >= 15 is 0 Å². The van der Waals surface area contributed by atoms with E-state index in [1.165, 1.54) is 36.5 Å². The maximum atomic E-state index is 12.2. The number of aromatic carboxylic acids is 2. The van der Waals surface area contributed by atoms with Crippen molar-refractivity contribution in [1.82, 2.24) is 4.98 Å². The number of nitrogens with zero attached hydrogens (tertiary/aromatic N) is 1. The Labute approximate surface area is 130 Å². The topological polar surface area (TPSA) is 105 Å². The first-order valence-electron chi connectivity index (χ1n) is 6.13. The van der Waals surface area contributed by atoms with Crippen molar-refractivity contribution in [1.29, 1.82) is 0 Å². The van der Waals surface area contributed by atoms with Gasteiger partial charge in [0, 0.05) is 18.2 Å². The van der Waals surface area contributed by atoms with E-state index in [4.69, 9.17) is 21.8 Å². The summed E-state index contributed by atoms with van der Waals surface area (Å²) in [7, 11) is 0. The van der Waals surface area contributed by atoms with Crippen LogP contribution in [0, 0.1) is 0 Å². The second-order valence-electron chi connectivity index (χ2n) is 4.41. The average Bonchev–Trinajstić information content (AvgIpc) is 2.47. The van der Waals surface area contributed by atoms with Gasteiger partial charge in [-0.25, -0.2) is 14.6 Å². The Kier molecular flexibility index (Phi) is 4.53. The van der Waals surface area contributed by atoms with E-state index in [0.29, 0.717) is 0 Å². The van der Waals surface area contributed by atoms with E-state index in [-0.39, 0.29) is 33.8 Å². The lowest BCUT2D eigenvalue weighted by molar-refractivity contribution is 0.0696. The molecule has 112 valence electrons. The summed E-state index contributed by atoms with van der Waals surface area (Å²) in [6.07, 6.45) is 0.905. The fourth-order valence-corrected chi connectivity index (χ4v) is 2.09. The smallest absolute Gasteiger partial charge is 0.336 e. The van der Waals surface area contributed by atoms with Gasteiger partial charge in [0.1, 0.15) is 5.15 Å². The van der Waals surface area contributed by atoms with Crippen LogP contribution < -0.4 is 0 Å². The molecule has 0 saturated carbocycles. The number of hydrogen-bond donors (Lipinski definition) is 2. The summed E-state index contributed by atoms with van der Waals surface area (Å²) in [5.74, 6) is -3.03. The third-order valence-electron chi connectivity index (χ3n) is 3.02. The van der Waals surface area contributed by atoms with Crippen LogP contribution in [0.5, 0.6) is 0 Å². The van der Waals surface area contributed by atoms with Gasteiger partial charge >= 0.3 is 11.9 Å². The van der Waals surface area contributed by atoms with Crippen LogP contribution in [0.2, 0.25) is 5.15 Å². The summed E-state index contributed by atoms with van der Waals surface area (Å²) in [4.78, 5) is 38.4. The van der Waals surface area contributed by atoms with Crippen LogP contribution in [0.3, 0.4) is 0 Å². The molecule has 22 heavy (non-hydrogen) atoms. The highest BCUT2D eigenvalue weighted by molar-refractivity contribution is 6.29. The Bertz CT molecular complexity index is 723. The molecule has 0 saturated heterocycles. The number of Topliss-reactive ketones (excluding diaryl/α,β-unsaturated/α-hetero) is 1. The fraction of sp³-hybridized carbons (Fsp3) is 0.0667. The molecular formula is C15H10ClNO5. The zero-order valence-corrected chi connectivity index (χ0v) is 11.9. The van der Waals surface area contributed by atoms with Gasteiger partial charge in [0.25, 0.3) is 0 Å². The second kappa shape index (κ2) is 6.36. The number of carboxylic acid groups (broad SMARTS) is 2. The molecule has 1 aromatic carbocycles. The first-order valence-corrected chi connectivity index (χ1v) is 6.51. The molecule has 1 aromatic heterocycles. The Morgan fingerprint density at radius 1 is 1.00 bits per heavy atom. The second-order valence-corrected chi connectivity index (χ2v) is 4.80. The van der Waals surface area contributed by atoms with Crippen molar-refractivity contribution in [2.75, 3.05) is 0 Å². The number of aromatic nitrogens is 1. The highest BCUT2D eigenvalue weighted by Gasteiger charge is 2.21. The van der Waals surface area contributed by atoms with Crippen LogP contribution in [0.25, 0.3) is 0 Å². The Hall–Kier alpha value is -2.73. The number of carbonyl (C=O) groups is 3. The number of carboxylic acids is 2. The Morgan fingerprint density at radius 3 is 2.05 bits per heavy atom. The van der Waals surface area contributed by atoms with Crippen molar-refractivity contribution >= 4 is 29.3 Å². The molecule has 0 aliphatic rings. The largest absolute Gasteiger partial charge is 0.478 e. The quantitative estimate of drug-likeness (QED) is 0.648. The minimum absolute atomic E-state index is 0.0394. The molecule has 0 spiro atoms. The molecule has 0 unspecified atom stereocenters. The number of benzene rings is 1. The molecular weight excluding hydrogens is 310 g/mol. The van der Waals surface area contributed by atoms with E-state index in [0.717, 1.165) is 0 Å². The summed E-state index contributed by atoms with van der Waals surface area (Å²) in [6.45, 7) is 0. The van der Waals surface area contributed by atoms with Crippen LogP contribution in [0.15, 0.2) is 36.5 Å². The molecule has 0 atom stereocenters. The number of carbonyl (C=O) groups excluding carboxylic acids is 1. The van der Waals surface area contributed by atoms with E-state index < -0.39 is 17.7 Å². The number of rotatable bonds is 5. The van der Waals surface area contributed by atoms with Gasteiger partial charge < -0.3 is 10.2 Å². The van der Waals surface area contributed by atoms with Gasteiger partial charge in [-0.05, 0) is 29.8 Å². The van der Waals surface area contributed by atoms with E-state index in [9.17, 15) is 14.4 Å². The Balaban J connectivity index is 2.43. The third kappa shape index (κ3) is 3.29. The zero-order chi connectivity index (χ0) is 16.3. The first-order chi connectivity index (χ1) is 10.4. The average molecular weight is 320 g/mol. The monoisotopic (exact) mass is 319 g/mol. The number of ketones is 1. The predicted molar refractivity (Wildman–Crippen MR) is 77.6 cm³/mol. The molecule has 0 fully saturated rings. The molecule has 0 aliphatic heterocycles. The van der Waals surface area contributed by atoms with Crippen LogP contribution in [0.1, 0.15) is 36.6 Å². The summed E-state index contributed by atoms with van der Waals surface area (Å²) < 4.78 is 0. The van der Waals surface area contributed by atoms with Crippen LogP contribution in [-0.2, 0) is 6.42 Å². The van der Waals surface area contributed by atoms with Gasteiger partial charge in [-0.15, -0.1) is 0 Å². The summed E-state index contributed by atoms with van der Waals surface area (Å²) >= 11 is 5.63. The van der Waals surface area contributed by atoms with Gasteiger partial charge in [-0.2, -0.15) is 0 Å². The molecule has 2 rings (SSSR count). The normalized spacial score (nSPS) is 10.2. The van der Waals surface area contributed by atoms with Crippen molar-refractivity contribution < 1.29 is 24.6 Å². The van der Waals surface area contributed by atoms with Gasteiger partial charge in [0.05, 0.1) is 11.1 Å². The molecule has 0 radical (unpaired) electrons. The van der Waals surface area contributed by atoms with Gasteiger partial charge in [0.15, 0.2) is 5.78 Å². The molecule has 1 heterocycles. The molecule has 0 aliphatic carbocycles. The van der Waals surface area contributed by atoms with Crippen LogP contribution in [-0.4, -0.2) is 32.9 Å². The van der Waals surface area contributed by atoms with E-state index in [2.05, 4.69) is 4.98 Å². The highest BCUT2D eigenvalue weighted by Crippen LogP contribution is 2.18. The SMILES string of the molecule is O=C(Cc1c(C(=O)O)cccc1C(=O)O)c1ccc(Cl)nc1. The molecule has 2 aromatic rings. The lowest BCUT2D eigenvalue weighted by Gasteiger charge is -2.09. The highest BCUT2D eigenvalue weighted by atomic mass is 35.5. The summed E-state index contributed by atoms with van der Waals surface area (Å²) in [6, 6.07) is 6.72. The van der Waals surface area contributed by atoms with Gasteiger partial charge in [-0.1, -0.05) is 17.7 Å². The fourth-order valence-electron chi connectivity index (χ4n) is 1.98. The van der Waals surface area contributed by atoms with Crippen molar-refractivity contribution in [3.8, 4) is 0 Å². The lowest BCUT2D eigenvalue weighted by atomic mass is 9.94. The van der Waals surface area contributed by atoms with E-state index in [1.54, 1.807) is 0 Å². The molecule has 2 N–H and O–H groups in total. The third-order valence-corrected chi connectivity index (χ3v) is 3.25. The van der Waals surface area contributed by atoms with Crippen LogP contribution >= 0.6 is 11.6 Å². The molecule has 7 heteroatoms. The number of hydrogen-bond acceptors (Lipinski definition) is 4. The summed E-state index contributed by atoms with van der Waals surface area (Å²) in [5.41, 5.74) is -0.242. The zero-order valence-electron chi connectivity index (χ0n) is 11.1. The lowest BCUT2D eigenvalue weighted by Crippen LogP contribution is -2.14. The number of pyridine rings is 1. The standard InChI is InChI=1S/C15H10ClNO5/c16-13-5-4-8(7-17-13)12(18)6-11-9(14(19)20)2-1-3-10(11)15(21)22/h1-5,7H,6H2,(H,19,20)(H,21,22). The number of halogens is 1. The van der Waals surface area contributed by atoms with E-state index in [1.807, 2.05) is 0 Å². The minimum Gasteiger partial charge on any atom is -0.478 e. The Morgan fingerprint density at radius 2 is 1.59 bits per heavy atom. The van der Waals surface area contributed by atoms with Crippen molar-refractivity contribution in [3.05, 3.63) is 63.9 Å². The van der Waals surface area contributed by atoms with Crippen molar-refractivity contribution in [3.63, 3.8) is 0 Å². The predicted octanol–water partition coefficient (Wildman–Crippen LogP) is 2.56. The first kappa shape index (κ1) is 15.7. The molecule has 6 nitrogen and oxygen atoms in total. The maximum Gasteiger partial charge on any atom is 0.336 e. The minimum atomic E-state index is -1.29. The molecule has 0 amide bonds. The van der Waals surface area contributed by atoms with Gasteiger partial charge in [0.2, 0.25) is 0 Å². The summed E-state index contributed by atoms with van der Waals surface area (Å²) in [5, 5.41) is 18.5. The van der Waals surface area contributed by atoms with Crippen molar-refractivity contribution in [2.45, 2.75) is 6.42 Å². The van der Waals surface area contributed by atoms with Gasteiger partial charge in [-0.3, -0.25) is 4.79 Å². The molecule has 0 bridgehead atoms. The van der Waals surface area contributed by atoms with Crippen LogP contribution in [0.4, 0.5) is 0 Å². The maximum absolute atomic E-state index is 12.2.